The Balaban J connectivity index is 1.62. The van der Waals surface area contributed by atoms with Crippen molar-refractivity contribution in [2.75, 3.05) is 26.0 Å². The minimum Gasteiger partial charge on any atom is -0.493 e. The van der Waals surface area contributed by atoms with Crippen LogP contribution in [0.25, 0.3) is 10.6 Å². The number of sulfonamides is 1. The fourth-order valence-electron chi connectivity index (χ4n) is 3.24. The zero-order valence-corrected chi connectivity index (χ0v) is 17.7. The van der Waals surface area contributed by atoms with Gasteiger partial charge in [-0.15, -0.1) is 11.3 Å². The van der Waals surface area contributed by atoms with Crippen molar-refractivity contribution >= 4 is 27.3 Å². The standard InChI is InChI=1S/C19H25N3O4S2/c1-3-26-17-9-5-4-8-16(17)19-21-15(13-27-19)11-18(23)20-14-7-6-10-22(12-14)28(2,24)25/h4-5,8-9,13-14H,3,6-7,10-12H2,1-2H3,(H,20,23). The van der Waals surface area contributed by atoms with Crippen molar-refractivity contribution in [3.8, 4) is 16.3 Å². The topological polar surface area (TPSA) is 88.6 Å². The Kier molecular flexibility index (Phi) is 6.69. The van der Waals surface area contributed by atoms with Crippen LogP contribution in [0.5, 0.6) is 5.75 Å². The summed E-state index contributed by atoms with van der Waals surface area (Å²) in [4.78, 5) is 17.0. The number of para-hydroxylation sites is 1. The fraction of sp³-hybridized carbons (Fsp3) is 0.474. The molecule has 1 unspecified atom stereocenters. The molecule has 0 radical (unpaired) electrons. The van der Waals surface area contributed by atoms with Gasteiger partial charge in [0.05, 0.1) is 30.5 Å². The van der Waals surface area contributed by atoms with Gasteiger partial charge in [-0.1, -0.05) is 12.1 Å². The summed E-state index contributed by atoms with van der Waals surface area (Å²) in [6.07, 6.45) is 2.89. The molecule has 9 heteroatoms. The Morgan fingerprint density at radius 3 is 2.93 bits per heavy atom. The summed E-state index contributed by atoms with van der Waals surface area (Å²) in [7, 11) is -3.23. The molecule has 1 aromatic carbocycles. The fourth-order valence-corrected chi connectivity index (χ4v) is 5.00. The van der Waals surface area contributed by atoms with E-state index in [1.54, 1.807) is 0 Å². The average Bonchev–Trinajstić information content (AvgIpc) is 3.10. The molecule has 7 nitrogen and oxygen atoms in total. The zero-order chi connectivity index (χ0) is 20.1. The Labute approximate surface area is 169 Å². The molecule has 1 atom stereocenters. The van der Waals surface area contributed by atoms with Gasteiger partial charge in [-0.3, -0.25) is 4.79 Å². The zero-order valence-electron chi connectivity index (χ0n) is 16.1. The number of ether oxygens (including phenoxy) is 1. The number of nitrogens with zero attached hydrogens (tertiary/aromatic N) is 2. The van der Waals surface area contributed by atoms with Crippen LogP contribution in [-0.4, -0.2) is 55.6 Å². The van der Waals surface area contributed by atoms with Crippen molar-refractivity contribution in [2.24, 2.45) is 0 Å². The third-order valence-corrected chi connectivity index (χ3v) is 6.72. The van der Waals surface area contributed by atoms with E-state index in [2.05, 4.69) is 10.3 Å². The van der Waals surface area contributed by atoms with Gasteiger partial charge in [0.25, 0.3) is 0 Å². The molecule has 0 saturated carbocycles. The van der Waals surface area contributed by atoms with Crippen LogP contribution in [0.3, 0.4) is 0 Å². The van der Waals surface area contributed by atoms with Crippen LogP contribution in [0.4, 0.5) is 0 Å². The summed E-state index contributed by atoms with van der Waals surface area (Å²) < 4.78 is 30.5. The van der Waals surface area contributed by atoms with Gasteiger partial charge in [-0.2, -0.15) is 0 Å². The molecule has 152 valence electrons. The lowest BCUT2D eigenvalue weighted by Gasteiger charge is -2.31. The van der Waals surface area contributed by atoms with E-state index < -0.39 is 10.0 Å². The van der Waals surface area contributed by atoms with Gasteiger partial charge < -0.3 is 10.1 Å². The number of carbonyl (C=O) groups excluding carboxylic acids is 1. The number of piperidine rings is 1. The van der Waals surface area contributed by atoms with Gasteiger partial charge in [-0.25, -0.2) is 17.7 Å². The maximum atomic E-state index is 12.4. The highest BCUT2D eigenvalue weighted by molar-refractivity contribution is 7.88. The SMILES string of the molecule is CCOc1ccccc1-c1nc(CC(=O)NC2CCCN(S(C)(=O)=O)C2)cs1. The molecule has 0 bridgehead atoms. The Hall–Kier alpha value is -1.97. The van der Waals surface area contributed by atoms with Gasteiger partial charge in [0.1, 0.15) is 10.8 Å². The van der Waals surface area contributed by atoms with Gasteiger partial charge in [0.2, 0.25) is 15.9 Å². The van der Waals surface area contributed by atoms with Gasteiger partial charge in [0.15, 0.2) is 0 Å². The van der Waals surface area contributed by atoms with Crippen molar-refractivity contribution in [1.82, 2.24) is 14.6 Å². The largest absolute Gasteiger partial charge is 0.493 e. The van der Waals surface area contributed by atoms with Crippen LogP contribution >= 0.6 is 11.3 Å². The highest BCUT2D eigenvalue weighted by atomic mass is 32.2. The quantitative estimate of drug-likeness (QED) is 0.738. The number of benzene rings is 1. The van der Waals surface area contributed by atoms with Crippen molar-refractivity contribution in [3.63, 3.8) is 0 Å². The first-order valence-electron chi connectivity index (χ1n) is 9.28. The number of carbonyl (C=O) groups is 1. The first-order valence-corrected chi connectivity index (χ1v) is 12.0. The molecule has 28 heavy (non-hydrogen) atoms. The van der Waals surface area contributed by atoms with Crippen molar-refractivity contribution in [2.45, 2.75) is 32.2 Å². The third kappa shape index (κ3) is 5.30. The maximum Gasteiger partial charge on any atom is 0.226 e. The lowest BCUT2D eigenvalue weighted by molar-refractivity contribution is -0.121. The van der Waals surface area contributed by atoms with E-state index in [9.17, 15) is 13.2 Å². The van der Waals surface area contributed by atoms with Gasteiger partial charge in [0, 0.05) is 24.5 Å². The first-order chi connectivity index (χ1) is 13.4. The van der Waals surface area contributed by atoms with E-state index in [-0.39, 0.29) is 18.4 Å². The highest BCUT2D eigenvalue weighted by Crippen LogP contribution is 2.32. The van der Waals surface area contributed by atoms with Crippen LogP contribution in [0.1, 0.15) is 25.5 Å². The summed E-state index contributed by atoms with van der Waals surface area (Å²) in [5.41, 5.74) is 1.61. The lowest BCUT2D eigenvalue weighted by Crippen LogP contribution is -2.49. The summed E-state index contributed by atoms with van der Waals surface area (Å²) in [5.74, 6) is 0.633. The molecule has 1 aliphatic heterocycles. The molecule has 2 heterocycles. The maximum absolute atomic E-state index is 12.4. The average molecular weight is 424 g/mol. The third-order valence-electron chi connectivity index (χ3n) is 4.53. The van der Waals surface area contributed by atoms with E-state index in [0.29, 0.717) is 25.4 Å². The summed E-state index contributed by atoms with van der Waals surface area (Å²) in [5, 5.41) is 5.63. The van der Waals surface area contributed by atoms with E-state index in [1.165, 1.54) is 21.9 Å². The number of nitrogens with one attached hydrogen (secondary N) is 1. The minimum atomic E-state index is -3.23. The van der Waals surface area contributed by atoms with Gasteiger partial charge in [-0.05, 0) is 31.9 Å². The normalized spacial score (nSPS) is 18.0. The predicted molar refractivity (Wildman–Crippen MR) is 110 cm³/mol. The van der Waals surface area contributed by atoms with Crippen LogP contribution in [0.2, 0.25) is 0 Å². The molecular formula is C19H25N3O4S2. The number of rotatable bonds is 7. The van der Waals surface area contributed by atoms with Crippen molar-refractivity contribution < 1.29 is 17.9 Å². The second kappa shape index (κ2) is 9.02. The summed E-state index contributed by atoms with van der Waals surface area (Å²) in [6.45, 7) is 3.35. The smallest absolute Gasteiger partial charge is 0.226 e. The number of aromatic nitrogens is 1. The molecule has 1 N–H and O–H groups in total. The Morgan fingerprint density at radius 1 is 1.39 bits per heavy atom. The molecule has 1 amide bonds. The molecular weight excluding hydrogens is 398 g/mol. The van der Waals surface area contributed by atoms with E-state index >= 15 is 0 Å². The van der Waals surface area contributed by atoms with Crippen LogP contribution in [-0.2, 0) is 21.2 Å². The van der Waals surface area contributed by atoms with Crippen molar-refractivity contribution in [1.29, 1.82) is 0 Å². The number of hydrogen-bond donors (Lipinski definition) is 1. The highest BCUT2D eigenvalue weighted by Gasteiger charge is 2.27. The van der Waals surface area contributed by atoms with Crippen LogP contribution in [0, 0.1) is 0 Å². The molecule has 0 aliphatic carbocycles. The Bertz CT molecular complexity index is 927. The molecule has 1 aliphatic rings. The molecule has 3 rings (SSSR count). The Morgan fingerprint density at radius 2 is 2.18 bits per heavy atom. The van der Waals surface area contributed by atoms with Crippen molar-refractivity contribution in [3.05, 3.63) is 35.3 Å². The van der Waals surface area contributed by atoms with Crippen LogP contribution in [0.15, 0.2) is 29.6 Å². The molecule has 1 fully saturated rings. The van der Waals surface area contributed by atoms with Gasteiger partial charge >= 0.3 is 0 Å². The number of thiazole rings is 1. The second-order valence-corrected chi connectivity index (χ2v) is 9.62. The van der Waals surface area contributed by atoms with E-state index in [1.807, 2.05) is 36.6 Å². The monoisotopic (exact) mass is 423 g/mol. The second-order valence-electron chi connectivity index (χ2n) is 6.78. The lowest BCUT2D eigenvalue weighted by atomic mass is 10.1. The summed E-state index contributed by atoms with van der Waals surface area (Å²) in [6, 6.07) is 7.55. The number of amides is 1. The number of hydrogen-bond acceptors (Lipinski definition) is 6. The van der Waals surface area contributed by atoms with E-state index in [0.717, 1.165) is 29.2 Å². The molecule has 1 aromatic heterocycles. The first kappa shape index (κ1) is 20.8. The minimum absolute atomic E-state index is 0.143. The molecule has 2 aromatic rings. The predicted octanol–water partition coefficient (Wildman–Crippen LogP) is 2.29. The van der Waals surface area contributed by atoms with E-state index in [4.69, 9.17) is 4.74 Å². The molecule has 0 spiro atoms. The molecule has 1 saturated heterocycles. The van der Waals surface area contributed by atoms with Crippen LogP contribution < -0.4 is 10.1 Å². The summed E-state index contributed by atoms with van der Waals surface area (Å²) >= 11 is 1.48.